The number of alkyl halides is 3. The molecule has 4 aromatic rings. The fraction of sp³-hybridized carbons (Fsp3) is 0.250. The Bertz CT molecular complexity index is 1340. The van der Waals surface area contributed by atoms with Crippen LogP contribution in [-0.2, 0) is 6.18 Å². The highest BCUT2D eigenvalue weighted by atomic mass is 19.4. The minimum atomic E-state index is -4.63. The lowest BCUT2D eigenvalue weighted by Gasteiger charge is -2.19. The van der Waals surface area contributed by atoms with Crippen LogP contribution in [0.2, 0.25) is 0 Å². The third-order valence-electron chi connectivity index (χ3n) is 5.43. The molecule has 0 unspecified atom stereocenters. The summed E-state index contributed by atoms with van der Waals surface area (Å²) in [6.07, 6.45) is -4.63. The largest absolute Gasteiger partial charge is 0.486 e. The highest BCUT2D eigenvalue weighted by molar-refractivity contribution is 5.87. The van der Waals surface area contributed by atoms with Crippen molar-refractivity contribution in [2.45, 2.75) is 25.9 Å². The Morgan fingerprint density at radius 3 is 2.30 bits per heavy atom. The summed E-state index contributed by atoms with van der Waals surface area (Å²) in [6, 6.07) is 11.3. The molecule has 0 radical (unpaired) electrons. The lowest BCUT2D eigenvalue weighted by molar-refractivity contribution is -0.136. The van der Waals surface area contributed by atoms with E-state index in [0.29, 0.717) is 36.0 Å². The number of rotatable bonds is 3. The Labute approximate surface area is 186 Å². The zero-order valence-corrected chi connectivity index (χ0v) is 17.8. The van der Waals surface area contributed by atoms with Gasteiger partial charge in [-0.05, 0) is 54.4 Å². The van der Waals surface area contributed by atoms with Crippen LogP contribution in [0.25, 0.3) is 28.0 Å². The average Bonchev–Trinajstić information content (AvgIpc) is 3.18. The molecule has 0 spiro atoms. The molecule has 5 nitrogen and oxygen atoms in total. The highest BCUT2D eigenvalue weighted by Crippen LogP contribution is 2.41. The van der Waals surface area contributed by atoms with Gasteiger partial charge < -0.3 is 9.47 Å². The molecule has 5 rings (SSSR count). The van der Waals surface area contributed by atoms with Gasteiger partial charge in [-0.25, -0.2) is 14.1 Å². The number of halogens is 4. The standard InChI is InChI=1S/C24H19F4N3O2/c1-13(2)22-21-17(24(26,27)28)12-18(14-3-8-19-20(11-14)33-10-9-32-19)29-23(21)31(30-22)16-6-4-15(25)5-7-16/h3-8,11-13H,9-10H2,1-2H3. The van der Waals surface area contributed by atoms with Gasteiger partial charge >= 0.3 is 6.18 Å². The fourth-order valence-electron chi connectivity index (χ4n) is 3.88. The topological polar surface area (TPSA) is 49.2 Å². The van der Waals surface area contributed by atoms with Crippen LogP contribution >= 0.6 is 0 Å². The predicted molar refractivity (Wildman–Crippen MR) is 114 cm³/mol. The zero-order valence-electron chi connectivity index (χ0n) is 17.8. The summed E-state index contributed by atoms with van der Waals surface area (Å²) in [5.41, 5.74) is 0.463. The molecule has 0 saturated heterocycles. The van der Waals surface area contributed by atoms with E-state index in [1.54, 1.807) is 32.0 Å². The van der Waals surface area contributed by atoms with E-state index in [1.807, 2.05) is 0 Å². The Morgan fingerprint density at radius 2 is 1.64 bits per heavy atom. The van der Waals surface area contributed by atoms with Gasteiger partial charge in [0.2, 0.25) is 0 Å². The molecule has 0 N–H and O–H groups in total. The predicted octanol–water partition coefficient (Wildman–Crippen LogP) is 6.14. The average molecular weight is 457 g/mol. The first-order chi connectivity index (χ1) is 15.7. The summed E-state index contributed by atoms with van der Waals surface area (Å²) < 4.78 is 68.6. The maximum Gasteiger partial charge on any atom is 0.417 e. The van der Waals surface area contributed by atoms with Crippen molar-refractivity contribution in [2.75, 3.05) is 13.2 Å². The van der Waals surface area contributed by atoms with Gasteiger partial charge in [0.1, 0.15) is 19.0 Å². The Balaban J connectivity index is 1.80. The van der Waals surface area contributed by atoms with E-state index < -0.39 is 17.6 Å². The van der Waals surface area contributed by atoms with E-state index in [0.717, 1.165) is 6.07 Å². The number of pyridine rings is 1. The second-order valence-corrected chi connectivity index (χ2v) is 8.04. The molecule has 1 aliphatic heterocycles. The van der Waals surface area contributed by atoms with Gasteiger partial charge in [0.05, 0.1) is 28.0 Å². The van der Waals surface area contributed by atoms with Crippen molar-refractivity contribution < 1.29 is 27.0 Å². The van der Waals surface area contributed by atoms with E-state index in [1.165, 1.54) is 28.9 Å². The molecule has 3 heterocycles. The molecule has 0 bridgehead atoms. The molecular formula is C24H19F4N3O2. The smallest absolute Gasteiger partial charge is 0.417 e. The second-order valence-electron chi connectivity index (χ2n) is 8.04. The third kappa shape index (κ3) is 3.77. The normalized spacial score (nSPS) is 13.7. The lowest BCUT2D eigenvalue weighted by atomic mass is 10.0. The molecule has 0 atom stereocenters. The Hall–Kier alpha value is -3.62. The summed E-state index contributed by atoms with van der Waals surface area (Å²) in [5, 5.41) is 4.39. The van der Waals surface area contributed by atoms with E-state index in [2.05, 4.69) is 10.1 Å². The van der Waals surface area contributed by atoms with Gasteiger partial charge in [-0.15, -0.1) is 0 Å². The lowest BCUT2D eigenvalue weighted by Crippen LogP contribution is -2.15. The minimum absolute atomic E-state index is 0.0463. The summed E-state index contributed by atoms with van der Waals surface area (Å²) in [4.78, 5) is 4.58. The molecule has 0 saturated carbocycles. The van der Waals surface area contributed by atoms with Crippen LogP contribution in [0, 0.1) is 5.82 Å². The van der Waals surface area contributed by atoms with Gasteiger partial charge in [-0.2, -0.15) is 18.3 Å². The summed E-state index contributed by atoms with van der Waals surface area (Å²) in [7, 11) is 0. The number of benzene rings is 2. The van der Waals surface area contributed by atoms with Crippen molar-refractivity contribution >= 4 is 11.0 Å². The van der Waals surface area contributed by atoms with Crippen LogP contribution in [0.3, 0.4) is 0 Å². The van der Waals surface area contributed by atoms with Crippen molar-refractivity contribution in [1.29, 1.82) is 0 Å². The first-order valence-electron chi connectivity index (χ1n) is 10.4. The number of ether oxygens (including phenoxy) is 2. The molecule has 0 amide bonds. The van der Waals surface area contributed by atoms with Crippen LogP contribution < -0.4 is 9.47 Å². The van der Waals surface area contributed by atoms with Crippen molar-refractivity contribution in [2.24, 2.45) is 0 Å². The van der Waals surface area contributed by atoms with Crippen molar-refractivity contribution in [1.82, 2.24) is 14.8 Å². The molecule has 2 aromatic carbocycles. The maximum absolute atomic E-state index is 14.2. The van der Waals surface area contributed by atoms with Crippen molar-refractivity contribution in [3.8, 4) is 28.4 Å². The molecule has 9 heteroatoms. The molecule has 33 heavy (non-hydrogen) atoms. The number of hydrogen-bond acceptors (Lipinski definition) is 4. The van der Waals surface area contributed by atoms with Gasteiger partial charge in [0.25, 0.3) is 0 Å². The SMILES string of the molecule is CC(C)c1nn(-c2ccc(F)cc2)c2nc(-c3ccc4c(c3)OCCO4)cc(C(F)(F)F)c12. The van der Waals surface area contributed by atoms with E-state index >= 15 is 0 Å². The van der Waals surface area contributed by atoms with Crippen molar-refractivity contribution in [3.63, 3.8) is 0 Å². The number of fused-ring (bicyclic) bond motifs is 2. The molecule has 2 aromatic heterocycles. The molecule has 0 aliphatic carbocycles. The van der Waals surface area contributed by atoms with Gasteiger partial charge in [0, 0.05) is 5.56 Å². The molecule has 170 valence electrons. The van der Waals surface area contributed by atoms with Gasteiger partial charge in [-0.3, -0.25) is 0 Å². The quantitative estimate of drug-likeness (QED) is 0.347. The van der Waals surface area contributed by atoms with Crippen LogP contribution in [0.4, 0.5) is 17.6 Å². The third-order valence-corrected chi connectivity index (χ3v) is 5.43. The van der Waals surface area contributed by atoms with Crippen LogP contribution in [0.1, 0.15) is 31.0 Å². The van der Waals surface area contributed by atoms with Crippen LogP contribution in [0.5, 0.6) is 11.5 Å². The number of aromatic nitrogens is 3. The molecular weight excluding hydrogens is 438 g/mol. The first-order valence-corrected chi connectivity index (χ1v) is 10.4. The van der Waals surface area contributed by atoms with Gasteiger partial charge in [-0.1, -0.05) is 13.8 Å². The van der Waals surface area contributed by atoms with E-state index in [-0.39, 0.29) is 28.3 Å². The monoisotopic (exact) mass is 457 g/mol. The summed E-state index contributed by atoms with van der Waals surface area (Å²) >= 11 is 0. The highest BCUT2D eigenvalue weighted by Gasteiger charge is 2.37. The second kappa shape index (κ2) is 7.75. The fourth-order valence-corrected chi connectivity index (χ4v) is 3.88. The van der Waals surface area contributed by atoms with Crippen LogP contribution in [-0.4, -0.2) is 28.0 Å². The number of nitrogens with zero attached hydrogens (tertiary/aromatic N) is 3. The molecule has 0 fully saturated rings. The Morgan fingerprint density at radius 1 is 0.939 bits per heavy atom. The summed E-state index contributed by atoms with van der Waals surface area (Å²) in [5.74, 6) is 0.224. The number of hydrogen-bond donors (Lipinski definition) is 0. The van der Waals surface area contributed by atoms with Gasteiger partial charge in [0.15, 0.2) is 17.1 Å². The first kappa shape index (κ1) is 21.2. The molecule has 1 aliphatic rings. The van der Waals surface area contributed by atoms with Crippen LogP contribution in [0.15, 0.2) is 48.5 Å². The van der Waals surface area contributed by atoms with E-state index in [9.17, 15) is 17.6 Å². The Kier molecular flexibility index (Phi) is 4.99. The minimum Gasteiger partial charge on any atom is -0.486 e. The zero-order chi connectivity index (χ0) is 23.3. The van der Waals surface area contributed by atoms with Crippen molar-refractivity contribution in [3.05, 3.63) is 65.6 Å². The maximum atomic E-state index is 14.2. The summed E-state index contributed by atoms with van der Waals surface area (Å²) in [6.45, 7) is 4.30. The van der Waals surface area contributed by atoms with E-state index in [4.69, 9.17) is 9.47 Å².